The van der Waals surface area contributed by atoms with Crippen molar-refractivity contribution in [2.45, 2.75) is 26.7 Å². The van der Waals surface area contributed by atoms with Crippen molar-refractivity contribution in [2.24, 2.45) is 14.1 Å². The summed E-state index contributed by atoms with van der Waals surface area (Å²) in [6, 6.07) is 9.84. The quantitative estimate of drug-likeness (QED) is 0.642. The standard InChI is InChI=1S/C24H30N6O3/c1-16-5-6-17(2)19(15-16)29-11-13-30(14-12-29)22(32)10-9-21(31)25-20-8-7-18-23(26-20)28(4)24(33)27(18)3/h5-8,15H,9-14H2,1-4H3,(H,25,26,31). The molecule has 9 nitrogen and oxygen atoms in total. The van der Waals surface area contributed by atoms with Gasteiger partial charge in [-0.25, -0.2) is 9.78 Å². The van der Waals surface area contributed by atoms with Crippen molar-refractivity contribution < 1.29 is 9.59 Å². The highest BCUT2D eigenvalue weighted by Crippen LogP contribution is 2.23. The second kappa shape index (κ2) is 9.09. The summed E-state index contributed by atoms with van der Waals surface area (Å²) in [5.74, 6) is 0.0769. The lowest BCUT2D eigenvalue weighted by Gasteiger charge is -2.37. The molecule has 33 heavy (non-hydrogen) atoms. The molecule has 0 aliphatic carbocycles. The first-order chi connectivity index (χ1) is 15.7. The topological polar surface area (TPSA) is 92.5 Å². The number of carbonyl (C=O) groups is 2. The van der Waals surface area contributed by atoms with E-state index in [1.54, 1.807) is 26.2 Å². The van der Waals surface area contributed by atoms with Crippen LogP contribution in [0.15, 0.2) is 35.1 Å². The number of hydrogen-bond acceptors (Lipinski definition) is 5. The Morgan fingerprint density at radius 3 is 2.42 bits per heavy atom. The van der Waals surface area contributed by atoms with Crippen LogP contribution in [-0.2, 0) is 23.7 Å². The molecule has 4 rings (SSSR count). The molecular formula is C24H30N6O3. The normalized spacial score (nSPS) is 14.1. The molecule has 0 spiro atoms. The zero-order chi connectivity index (χ0) is 23.7. The molecule has 3 aromatic rings. The Kier molecular flexibility index (Phi) is 6.22. The average molecular weight is 451 g/mol. The lowest BCUT2D eigenvalue weighted by Crippen LogP contribution is -2.49. The van der Waals surface area contributed by atoms with Crippen LogP contribution < -0.4 is 15.9 Å². The van der Waals surface area contributed by atoms with Gasteiger partial charge in [0.1, 0.15) is 5.82 Å². The molecule has 1 aliphatic heterocycles. The number of pyridine rings is 1. The van der Waals surface area contributed by atoms with Gasteiger partial charge in [0.05, 0.1) is 5.52 Å². The van der Waals surface area contributed by atoms with Crippen LogP contribution in [0.2, 0.25) is 0 Å². The number of aromatic nitrogens is 3. The summed E-state index contributed by atoms with van der Waals surface area (Å²) < 4.78 is 2.94. The maximum atomic E-state index is 12.6. The monoisotopic (exact) mass is 450 g/mol. The molecule has 3 heterocycles. The van der Waals surface area contributed by atoms with Crippen molar-refractivity contribution in [1.29, 1.82) is 0 Å². The highest BCUT2D eigenvalue weighted by molar-refractivity contribution is 5.93. The van der Waals surface area contributed by atoms with Crippen LogP contribution in [0.1, 0.15) is 24.0 Å². The smallest absolute Gasteiger partial charge is 0.329 e. The van der Waals surface area contributed by atoms with Gasteiger partial charge in [-0.3, -0.25) is 18.7 Å². The maximum absolute atomic E-state index is 12.6. The van der Waals surface area contributed by atoms with Gasteiger partial charge in [-0.1, -0.05) is 12.1 Å². The van der Waals surface area contributed by atoms with Crippen LogP contribution in [-0.4, -0.2) is 57.0 Å². The number of aryl methyl sites for hydroxylation is 4. The van der Waals surface area contributed by atoms with Crippen LogP contribution in [0.5, 0.6) is 0 Å². The van der Waals surface area contributed by atoms with Crippen LogP contribution in [0.3, 0.4) is 0 Å². The zero-order valence-corrected chi connectivity index (χ0v) is 19.6. The van der Waals surface area contributed by atoms with Crippen molar-refractivity contribution in [1.82, 2.24) is 19.0 Å². The van der Waals surface area contributed by atoms with Gasteiger partial charge in [-0.2, -0.15) is 0 Å². The number of hydrogen-bond donors (Lipinski definition) is 1. The van der Waals surface area contributed by atoms with E-state index < -0.39 is 0 Å². The fraction of sp³-hybridized carbons (Fsp3) is 0.417. The van der Waals surface area contributed by atoms with Crippen molar-refractivity contribution in [3.8, 4) is 0 Å². The first-order valence-corrected chi connectivity index (χ1v) is 11.2. The predicted octanol–water partition coefficient (Wildman–Crippen LogP) is 1.96. The van der Waals surface area contributed by atoms with Crippen molar-refractivity contribution in [3.05, 3.63) is 51.9 Å². The number of nitrogens with one attached hydrogen (secondary N) is 1. The summed E-state index contributed by atoms with van der Waals surface area (Å²) in [4.78, 5) is 45.6. The minimum atomic E-state index is -0.273. The highest BCUT2D eigenvalue weighted by Gasteiger charge is 2.22. The van der Waals surface area contributed by atoms with Gasteiger partial charge in [0, 0.05) is 58.8 Å². The molecule has 1 aliphatic rings. The number of amides is 2. The second-order valence-electron chi connectivity index (χ2n) is 8.65. The molecule has 1 saturated heterocycles. The minimum absolute atomic E-state index is 0.0142. The summed E-state index contributed by atoms with van der Waals surface area (Å²) in [7, 11) is 3.32. The Morgan fingerprint density at radius 1 is 0.970 bits per heavy atom. The molecule has 0 unspecified atom stereocenters. The summed E-state index contributed by atoms with van der Waals surface area (Å²) in [5.41, 5.74) is 4.70. The van der Waals surface area contributed by atoms with E-state index in [0.717, 1.165) is 13.1 Å². The summed E-state index contributed by atoms with van der Waals surface area (Å²) >= 11 is 0. The Labute approximate surface area is 192 Å². The largest absolute Gasteiger partial charge is 0.368 e. The number of carbonyl (C=O) groups excluding carboxylic acids is 2. The van der Waals surface area contributed by atoms with Crippen molar-refractivity contribution in [2.75, 3.05) is 36.4 Å². The molecule has 0 saturated carbocycles. The van der Waals surface area contributed by atoms with Crippen LogP contribution >= 0.6 is 0 Å². The third kappa shape index (κ3) is 4.62. The van der Waals surface area contributed by atoms with Gasteiger partial charge >= 0.3 is 5.69 Å². The summed E-state index contributed by atoms with van der Waals surface area (Å²) in [6.45, 7) is 7.04. The van der Waals surface area contributed by atoms with E-state index in [1.807, 2.05) is 4.90 Å². The molecule has 1 fully saturated rings. The molecular weight excluding hydrogens is 420 g/mol. The number of benzene rings is 1. The first kappa shape index (κ1) is 22.6. The van der Waals surface area contributed by atoms with Gasteiger partial charge in [0.2, 0.25) is 11.8 Å². The van der Waals surface area contributed by atoms with Gasteiger partial charge in [-0.15, -0.1) is 0 Å². The van der Waals surface area contributed by atoms with Gasteiger partial charge in [0.15, 0.2) is 5.65 Å². The van der Waals surface area contributed by atoms with Gasteiger partial charge in [0.25, 0.3) is 0 Å². The Balaban J connectivity index is 1.29. The molecule has 2 amide bonds. The fourth-order valence-corrected chi connectivity index (χ4v) is 4.28. The second-order valence-corrected chi connectivity index (χ2v) is 8.65. The molecule has 2 aromatic heterocycles. The summed E-state index contributed by atoms with van der Waals surface area (Å²) in [6.07, 6.45) is 0.241. The van der Waals surface area contributed by atoms with Gasteiger partial charge < -0.3 is 15.1 Å². The molecule has 0 atom stereocenters. The molecule has 9 heteroatoms. The number of imidazole rings is 1. The number of nitrogens with zero attached hydrogens (tertiary/aromatic N) is 5. The predicted molar refractivity (Wildman–Crippen MR) is 129 cm³/mol. The third-order valence-corrected chi connectivity index (χ3v) is 6.28. The van der Waals surface area contributed by atoms with Crippen LogP contribution in [0.25, 0.3) is 11.2 Å². The van der Waals surface area contributed by atoms with Crippen molar-refractivity contribution in [3.63, 3.8) is 0 Å². The zero-order valence-electron chi connectivity index (χ0n) is 19.6. The molecule has 1 aromatic carbocycles. The van der Waals surface area contributed by atoms with E-state index in [4.69, 9.17) is 0 Å². The first-order valence-electron chi connectivity index (χ1n) is 11.2. The van der Waals surface area contributed by atoms with Crippen molar-refractivity contribution >= 4 is 34.5 Å². The minimum Gasteiger partial charge on any atom is -0.368 e. The third-order valence-electron chi connectivity index (χ3n) is 6.28. The van der Waals surface area contributed by atoms with E-state index >= 15 is 0 Å². The van der Waals surface area contributed by atoms with Gasteiger partial charge in [-0.05, 0) is 43.2 Å². The molecule has 0 bridgehead atoms. The van der Waals surface area contributed by atoms with E-state index in [1.165, 1.54) is 25.9 Å². The number of rotatable bonds is 5. The fourth-order valence-electron chi connectivity index (χ4n) is 4.28. The Morgan fingerprint density at radius 2 is 1.70 bits per heavy atom. The molecule has 1 N–H and O–H groups in total. The Bertz CT molecular complexity index is 1270. The average Bonchev–Trinajstić information content (AvgIpc) is 3.03. The Hall–Kier alpha value is -3.62. The SMILES string of the molecule is Cc1ccc(C)c(N2CCN(C(=O)CCC(=O)Nc3ccc4c(n3)n(C)c(=O)n4C)CC2)c1. The lowest BCUT2D eigenvalue weighted by atomic mass is 10.1. The number of piperazine rings is 1. The van der Waals surface area contributed by atoms with E-state index in [-0.39, 0.29) is 30.3 Å². The number of anilines is 2. The lowest BCUT2D eigenvalue weighted by molar-refractivity contribution is -0.133. The summed E-state index contributed by atoms with van der Waals surface area (Å²) in [5, 5.41) is 2.73. The molecule has 0 radical (unpaired) electrons. The van der Waals surface area contributed by atoms with E-state index in [2.05, 4.69) is 47.2 Å². The molecule has 174 valence electrons. The maximum Gasteiger partial charge on any atom is 0.329 e. The van der Waals surface area contributed by atoms with Crippen LogP contribution in [0.4, 0.5) is 11.5 Å². The van der Waals surface area contributed by atoms with E-state index in [0.29, 0.717) is 30.1 Å². The van der Waals surface area contributed by atoms with E-state index in [9.17, 15) is 14.4 Å². The highest BCUT2D eigenvalue weighted by atomic mass is 16.2. The number of fused-ring (bicyclic) bond motifs is 1. The van der Waals surface area contributed by atoms with Crippen LogP contribution in [0, 0.1) is 13.8 Å².